The highest BCUT2D eigenvalue weighted by Gasteiger charge is 2.10. The van der Waals surface area contributed by atoms with Crippen molar-refractivity contribution in [3.63, 3.8) is 0 Å². The van der Waals surface area contributed by atoms with Gasteiger partial charge in [0.25, 0.3) is 0 Å². The van der Waals surface area contributed by atoms with Crippen molar-refractivity contribution in [2.24, 2.45) is 0 Å². The number of ether oxygens (including phenoxy) is 2. The number of nitrogens with one attached hydrogen (secondary N) is 1. The summed E-state index contributed by atoms with van der Waals surface area (Å²) in [6.45, 7) is 0.505. The summed E-state index contributed by atoms with van der Waals surface area (Å²) in [4.78, 5) is 14.2. The quantitative estimate of drug-likeness (QED) is 0.849. The molecule has 0 saturated heterocycles. The number of rotatable bonds is 7. The van der Waals surface area contributed by atoms with E-state index < -0.39 is 0 Å². The first-order valence-electron chi connectivity index (χ1n) is 7.77. The minimum absolute atomic E-state index is 0.0462. The summed E-state index contributed by atoms with van der Waals surface area (Å²) in [5.41, 5.74) is 3.03. The lowest BCUT2D eigenvalue weighted by atomic mass is 10.1. The molecule has 0 saturated carbocycles. The molecule has 0 radical (unpaired) electrons. The molecule has 0 fully saturated rings. The van der Waals surface area contributed by atoms with Crippen LogP contribution in [0.4, 0.5) is 5.69 Å². The lowest BCUT2D eigenvalue weighted by Crippen LogP contribution is -2.24. The Balaban J connectivity index is 1.93. The van der Waals surface area contributed by atoms with Crippen LogP contribution in [0, 0.1) is 0 Å². The van der Waals surface area contributed by atoms with Gasteiger partial charge in [-0.05, 0) is 23.8 Å². The minimum atomic E-state index is -0.0462. The smallest absolute Gasteiger partial charge is 0.224 e. The van der Waals surface area contributed by atoms with Crippen LogP contribution in [0.5, 0.6) is 11.5 Å². The zero-order valence-corrected chi connectivity index (χ0v) is 14.6. The Hall–Kier alpha value is -2.69. The first kappa shape index (κ1) is 17.7. The van der Waals surface area contributed by atoms with Crippen molar-refractivity contribution in [2.75, 3.05) is 33.2 Å². The fourth-order valence-electron chi connectivity index (χ4n) is 2.35. The third-order valence-corrected chi connectivity index (χ3v) is 3.79. The topological polar surface area (TPSA) is 50.8 Å². The van der Waals surface area contributed by atoms with Crippen LogP contribution < -0.4 is 19.7 Å². The Morgan fingerprint density at radius 1 is 1.04 bits per heavy atom. The highest BCUT2D eigenvalue weighted by atomic mass is 16.5. The average Bonchev–Trinajstić information content (AvgIpc) is 2.60. The van der Waals surface area contributed by atoms with Crippen LogP contribution in [0.3, 0.4) is 0 Å². The van der Waals surface area contributed by atoms with Gasteiger partial charge >= 0.3 is 0 Å². The number of hydrogen-bond donors (Lipinski definition) is 1. The van der Waals surface area contributed by atoms with Gasteiger partial charge in [0.1, 0.15) is 11.5 Å². The van der Waals surface area contributed by atoms with Gasteiger partial charge in [-0.3, -0.25) is 4.79 Å². The molecule has 0 unspecified atom stereocenters. The number of methoxy groups -OCH3 is 2. The van der Waals surface area contributed by atoms with Gasteiger partial charge in [0.05, 0.1) is 20.6 Å². The van der Waals surface area contributed by atoms with E-state index in [2.05, 4.69) is 5.32 Å². The predicted octanol–water partition coefficient (Wildman–Crippen LogP) is 2.63. The SMILES string of the molecule is COc1ccc(CC(=O)NCc2ccc(N(C)C)cc2)c(OC)c1. The van der Waals surface area contributed by atoms with Crippen LogP contribution in [0.1, 0.15) is 11.1 Å². The van der Waals surface area contributed by atoms with E-state index in [-0.39, 0.29) is 12.3 Å². The van der Waals surface area contributed by atoms with Gasteiger partial charge in [-0.25, -0.2) is 0 Å². The molecule has 128 valence electrons. The van der Waals surface area contributed by atoms with E-state index in [0.717, 1.165) is 16.8 Å². The van der Waals surface area contributed by atoms with Gasteiger partial charge in [0.15, 0.2) is 0 Å². The Bertz CT molecular complexity index is 682. The number of nitrogens with zero attached hydrogens (tertiary/aromatic N) is 1. The lowest BCUT2D eigenvalue weighted by Gasteiger charge is -2.13. The summed E-state index contributed by atoms with van der Waals surface area (Å²) in [5.74, 6) is 1.31. The molecular weight excluding hydrogens is 304 g/mol. The number of amides is 1. The van der Waals surface area contributed by atoms with Gasteiger partial charge in [0, 0.05) is 38.0 Å². The summed E-state index contributed by atoms with van der Waals surface area (Å²) in [5, 5.41) is 2.94. The molecule has 2 aromatic carbocycles. The second-order valence-electron chi connectivity index (χ2n) is 5.69. The van der Waals surface area contributed by atoms with Crippen molar-refractivity contribution in [3.05, 3.63) is 53.6 Å². The van der Waals surface area contributed by atoms with E-state index >= 15 is 0 Å². The van der Waals surface area contributed by atoms with Crippen molar-refractivity contribution in [1.29, 1.82) is 0 Å². The molecule has 0 aromatic heterocycles. The molecule has 24 heavy (non-hydrogen) atoms. The van der Waals surface area contributed by atoms with Gasteiger partial charge in [0.2, 0.25) is 5.91 Å². The Morgan fingerprint density at radius 2 is 1.75 bits per heavy atom. The van der Waals surface area contributed by atoms with Crippen molar-refractivity contribution >= 4 is 11.6 Å². The molecule has 2 aromatic rings. The number of anilines is 1. The number of benzene rings is 2. The van der Waals surface area contributed by atoms with E-state index in [4.69, 9.17) is 9.47 Å². The van der Waals surface area contributed by atoms with Gasteiger partial charge < -0.3 is 19.7 Å². The minimum Gasteiger partial charge on any atom is -0.497 e. The molecular formula is C19H24N2O3. The summed E-state index contributed by atoms with van der Waals surface area (Å²) >= 11 is 0. The Kier molecular flexibility index (Phi) is 6.07. The molecule has 0 aliphatic heterocycles. The fraction of sp³-hybridized carbons (Fsp3) is 0.316. The molecule has 0 spiro atoms. The second kappa shape index (κ2) is 8.24. The summed E-state index contributed by atoms with van der Waals surface area (Å²) in [6.07, 6.45) is 0.267. The van der Waals surface area contributed by atoms with Crippen LogP contribution in [0.2, 0.25) is 0 Å². The first-order valence-corrected chi connectivity index (χ1v) is 7.77. The summed E-state index contributed by atoms with van der Waals surface area (Å²) in [7, 11) is 7.18. The predicted molar refractivity (Wildman–Crippen MR) is 95.9 cm³/mol. The van der Waals surface area contributed by atoms with Crippen molar-refractivity contribution in [1.82, 2.24) is 5.32 Å². The highest BCUT2D eigenvalue weighted by molar-refractivity contribution is 5.79. The van der Waals surface area contributed by atoms with E-state index in [9.17, 15) is 4.79 Å². The maximum atomic E-state index is 12.2. The van der Waals surface area contributed by atoms with Gasteiger partial charge in [-0.2, -0.15) is 0 Å². The zero-order chi connectivity index (χ0) is 17.5. The van der Waals surface area contributed by atoms with Gasteiger partial charge in [-0.1, -0.05) is 18.2 Å². The van der Waals surface area contributed by atoms with Gasteiger partial charge in [-0.15, -0.1) is 0 Å². The van der Waals surface area contributed by atoms with Crippen LogP contribution in [-0.4, -0.2) is 34.2 Å². The molecule has 5 nitrogen and oxygen atoms in total. The molecule has 2 rings (SSSR count). The van der Waals surface area contributed by atoms with E-state index in [1.165, 1.54) is 0 Å². The van der Waals surface area contributed by atoms with Crippen molar-refractivity contribution in [3.8, 4) is 11.5 Å². The molecule has 0 aliphatic rings. The molecule has 1 amide bonds. The summed E-state index contributed by atoms with van der Waals surface area (Å²) in [6, 6.07) is 13.6. The average molecular weight is 328 g/mol. The Morgan fingerprint density at radius 3 is 2.33 bits per heavy atom. The zero-order valence-electron chi connectivity index (χ0n) is 14.6. The third kappa shape index (κ3) is 4.65. The van der Waals surface area contributed by atoms with Crippen LogP contribution in [-0.2, 0) is 17.8 Å². The van der Waals surface area contributed by atoms with Crippen LogP contribution in [0.25, 0.3) is 0 Å². The number of hydrogen-bond acceptors (Lipinski definition) is 4. The molecule has 0 bridgehead atoms. The lowest BCUT2D eigenvalue weighted by molar-refractivity contribution is -0.120. The highest BCUT2D eigenvalue weighted by Crippen LogP contribution is 2.24. The van der Waals surface area contributed by atoms with E-state index in [0.29, 0.717) is 18.0 Å². The van der Waals surface area contributed by atoms with Crippen molar-refractivity contribution < 1.29 is 14.3 Å². The monoisotopic (exact) mass is 328 g/mol. The first-order chi connectivity index (χ1) is 11.5. The molecule has 0 aliphatic carbocycles. The maximum Gasteiger partial charge on any atom is 0.224 e. The normalized spacial score (nSPS) is 10.2. The standard InChI is InChI=1S/C19H24N2O3/c1-21(2)16-8-5-14(6-9-16)13-20-19(22)11-15-7-10-17(23-3)12-18(15)24-4/h5-10,12H,11,13H2,1-4H3,(H,20,22). The summed E-state index contributed by atoms with van der Waals surface area (Å²) < 4.78 is 10.5. The maximum absolute atomic E-state index is 12.2. The fourth-order valence-corrected chi connectivity index (χ4v) is 2.35. The molecule has 0 heterocycles. The molecule has 5 heteroatoms. The molecule has 1 N–H and O–H groups in total. The third-order valence-electron chi connectivity index (χ3n) is 3.79. The largest absolute Gasteiger partial charge is 0.497 e. The molecule has 0 atom stereocenters. The number of carbonyl (C=O) groups excluding carboxylic acids is 1. The van der Waals surface area contributed by atoms with Crippen LogP contribution in [0.15, 0.2) is 42.5 Å². The number of carbonyl (C=O) groups is 1. The van der Waals surface area contributed by atoms with Crippen molar-refractivity contribution in [2.45, 2.75) is 13.0 Å². The van der Waals surface area contributed by atoms with Crippen LogP contribution >= 0.6 is 0 Å². The Labute approximate surface area is 143 Å². The van der Waals surface area contributed by atoms with E-state index in [1.807, 2.05) is 55.4 Å². The van der Waals surface area contributed by atoms with E-state index in [1.54, 1.807) is 20.3 Å². The second-order valence-corrected chi connectivity index (χ2v) is 5.69.